The van der Waals surface area contributed by atoms with Crippen LogP contribution in [0.1, 0.15) is 37.1 Å². The molecule has 1 aliphatic heterocycles. The first-order valence-electron chi connectivity index (χ1n) is 9.29. The van der Waals surface area contributed by atoms with Gasteiger partial charge < -0.3 is 13.9 Å². The molecule has 0 N–H and O–H groups in total. The zero-order chi connectivity index (χ0) is 21.8. The third-order valence-electron chi connectivity index (χ3n) is 4.81. The first-order chi connectivity index (χ1) is 14.3. The second-order valence-corrected chi connectivity index (χ2v) is 6.85. The van der Waals surface area contributed by atoms with E-state index >= 15 is 0 Å². The van der Waals surface area contributed by atoms with Gasteiger partial charge in [0.25, 0.3) is 5.69 Å². The van der Waals surface area contributed by atoms with Gasteiger partial charge in [0.15, 0.2) is 0 Å². The van der Waals surface area contributed by atoms with Crippen molar-refractivity contribution in [2.75, 3.05) is 20.3 Å². The lowest BCUT2D eigenvalue weighted by molar-refractivity contribution is -0.384. The number of non-ortho nitro benzene ring substituents is 1. The molecule has 0 saturated carbocycles. The number of nitrogens with zero attached hydrogens (tertiary/aromatic N) is 4. The van der Waals surface area contributed by atoms with Gasteiger partial charge in [-0.1, -0.05) is 12.1 Å². The summed E-state index contributed by atoms with van der Waals surface area (Å²) in [6, 6.07) is 6.14. The predicted molar refractivity (Wildman–Crippen MR) is 107 cm³/mol. The maximum Gasteiger partial charge on any atom is 0.315 e. The summed E-state index contributed by atoms with van der Waals surface area (Å²) >= 11 is 0. The quantitative estimate of drug-likeness (QED) is 0.292. The van der Waals surface area contributed by atoms with Gasteiger partial charge in [-0.25, -0.2) is 0 Å². The summed E-state index contributed by atoms with van der Waals surface area (Å²) in [7, 11) is 1.51. The molecule has 3 rings (SSSR count). The van der Waals surface area contributed by atoms with Crippen molar-refractivity contribution < 1.29 is 23.6 Å². The van der Waals surface area contributed by atoms with Crippen LogP contribution < -0.4 is 0 Å². The van der Waals surface area contributed by atoms with Crippen molar-refractivity contribution in [2.24, 2.45) is 10.9 Å². The first kappa shape index (κ1) is 21.3. The number of carbonyl (C=O) groups is 1. The van der Waals surface area contributed by atoms with Gasteiger partial charge in [0.1, 0.15) is 12.5 Å². The Labute approximate surface area is 172 Å². The lowest BCUT2D eigenvalue weighted by Gasteiger charge is -2.31. The molecule has 10 nitrogen and oxygen atoms in total. The highest BCUT2D eigenvalue weighted by Crippen LogP contribution is 2.44. The number of benzene rings is 1. The van der Waals surface area contributed by atoms with Gasteiger partial charge in [-0.3, -0.25) is 19.9 Å². The number of rotatable bonds is 7. The number of ether oxygens (including phenoxy) is 2. The summed E-state index contributed by atoms with van der Waals surface area (Å²) in [5, 5.41) is 19.3. The number of carbonyl (C=O) groups excluding carboxylic acids is 1. The van der Waals surface area contributed by atoms with Gasteiger partial charge in [-0.05, 0) is 19.4 Å². The number of esters is 1. The number of aryl methyl sites for hydroxylation is 1. The van der Waals surface area contributed by atoms with Crippen LogP contribution in [0, 0.1) is 23.0 Å². The Morgan fingerprint density at radius 1 is 1.23 bits per heavy atom. The molecule has 0 aliphatic carbocycles. The Morgan fingerprint density at radius 2 is 2.00 bits per heavy atom. The van der Waals surface area contributed by atoms with Crippen LogP contribution >= 0.6 is 0 Å². The summed E-state index contributed by atoms with van der Waals surface area (Å²) in [5.41, 5.74) is 2.13. The normalized spacial score (nSPS) is 18.9. The van der Waals surface area contributed by atoms with Crippen molar-refractivity contribution in [3.8, 4) is 0 Å². The molecule has 1 aromatic heterocycles. The second-order valence-electron chi connectivity index (χ2n) is 6.85. The van der Waals surface area contributed by atoms with Crippen LogP contribution in [0.3, 0.4) is 0 Å². The van der Waals surface area contributed by atoms with E-state index in [0.29, 0.717) is 28.4 Å². The average Bonchev–Trinajstić information content (AvgIpc) is 3.13. The van der Waals surface area contributed by atoms with E-state index in [9.17, 15) is 14.9 Å². The molecule has 2 atom stereocenters. The van der Waals surface area contributed by atoms with E-state index in [1.165, 1.54) is 19.2 Å². The van der Waals surface area contributed by atoms with Crippen molar-refractivity contribution in [1.82, 2.24) is 10.2 Å². The van der Waals surface area contributed by atoms with Crippen molar-refractivity contribution >= 4 is 22.9 Å². The molecule has 2 unspecified atom stereocenters. The SMILES string of the molecule is COCCOC(=O)C1C(C)=NC(C)=C(c2nnc(C)o2)C1c1cccc([N+](=O)[O-])c1. The van der Waals surface area contributed by atoms with Gasteiger partial charge in [-0.2, -0.15) is 0 Å². The molecule has 0 amide bonds. The number of nitro benzene ring substituents is 1. The van der Waals surface area contributed by atoms with E-state index in [2.05, 4.69) is 15.2 Å². The van der Waals surface area contributed by atoms with E-state index in [0.717, 1.165) is 0 Å². The second kappa shape index (κ2) is 8.95. The summed E-state index contributed by atoms with van der Waals surface area (Å²) in [5.74, 6) is -1.39. The Morgan fingerprint density at radius 3 is 2.63 bits per heavy atom. The number of aromatic nitrogens is 2. The largest absolute Gasteiger partial charge is 0.463 e. The fourth-order valence-electron chi connectivity index (χ4n) is 3.53. The van der Waals surface area contributed by atoms with Crippen molar-refractivity contribution in [3.63, 3.8) is 0 Å². The van der Waals surface area contributed by atoms with Crippen molar-refractivity contribution in [1.29, 1.82) is 0 Å². The molecule has 0 fully saturated rings. The van der Waals surface area contributed by atoms with E-state index in [-0.39, 0.29) is 24.8 Å². The molecule has 2 heterocycles. The van der Waals surface area contributed by atoms with Crippen LogP contribution in [0.2, 0.25) is 0 Å². The van der Waals surface area contributed by atoms with Crippen LogP contribution in [-0.2, 0) is 14.3 Å². The van der Waals surface area contributed by atoms with E-state index in [4.69, 9.17) is 13.9 Å². The highest BCUT2D eigenvalue weighted by molar-refractivity contribution is 6.06. The molecule has 10 heteroatoms. The fraction of sp³-hybridized carbons (Fsp3) is 0.400. The Kier molecular flexibility index (Phi) is 6.36. The maximum absolute atomic E-state index is 13.0. The zero-order valence-corrected chi connectivity index (χ0v) is 17.1. The van der Waals surface area contributed by atoms with Gasteiger partial charge >= 0.3 is 5.97 Å². The molecular formula is C20H22N4O6. The first-order valence-corrected chi connectivity index (χ1v) is 9.29. The number of hydrogen-bond donors (Lipinski definition) is 0. The van der Waals surface area contributed by atoms with Gasteiger partial charge in [0.2, 0.25) is 11.8 Å². The fourth-order valence-corrected chi connectivity index (χ4v) is 3.53. The van der Waals surface area contributed by atoms with Crippen molar-refractivity contribution in [3.05, 3.63) is 57.4 Å². The number of nitro groups is 1. The lowest BCUT2D eigenvalue weighted by Crippen LogP contribution is -2.34. The third-order valence-corrected chi connectivity index (χ3v) is 4.81. The predicted octanol–water partition coefficient (Wildman–Crippen LogP) is 3.08. The van der Waals surface area contributed by atoms with Gasteiger partial charge in [0, 0.05) is 49.1 Å². The van der Waals surface area contributed by atoms with E-state index in [1.807, 2.05) is 0 Å². The molecule has 0 bridgehead atoms. The van der Waals surface area contributed by atoms with Crippen LogP contribution in [-0.4, -0.2) is 47.1 Å². The lowest BCUT2D eigenvalue weighted by atomic mass is 9.75. The molecule has 0 spiro atoms. The van der Waals surface area contributed by atoms with Crippen LogP contribution in [0.4, 0.5) is 5.69 Å². The monoisotopic (exact) mass is 414 g/mol. The summed E-state index contributed by atoms with van der Waals surface area (Å²) in [4.78, 5) is 28.4. The molecular weight excluding hydrogens is 392 g/mol. The average molecular weight is 414 g/mol. The van der Waals surface area contributed by atoms with Crippen LogP contribution in [0.15, 0.2) is 39.4 Å². The summed E-state index contributed by atoms with van der Waals surface area (Å²) < 4.78 is 16.0. The molecule has 1 aliphatic rings. The van der Waals surface area contributed by atoms with Gasteiger partial charge in [0.05, 0.1) is 11.5 Å². The molecule has 1 aromatic carbocycles. The number of methoxy groups -OCH3 is 1. The topological polar surface area (TPSA) is 130 Å². The standard InChI is InChI=1S/C20H22N4O6/c1-11-16(19-23-22-13(3)30-19)18(14-6-5-7-15(10-14)24(26)27)17(12(2)21-11)20(25)29-9-8-28-4/h5-7,10,17-18H,8-9H2,1-4H3. The van der Waals surface area contributed by atoms with E-state index in [1.54, 1.807) is 32.9 Å². The van der Waals surface area contributed by atoms with Gasteiger partial charge in [-0.15, -0.1) is 10.2 Å². The Balaban J connectivity index is 2.14. The highest BCUT2D eigenvalue weighted by Gasteiger charge is 2.42. The number of allylic oxidation sites excluding steroid dienone is 2. The molecule has 0 saturated heterocycles. The minimum Gasteiger partial charge on any atom is -0.463 e. The minimum absolute atomic E-state index is 0.0818. The number of aliphatic imine (C=N–C) groups is 1. The highest BCUT2D eigenvalue weighted by atomic mass is 16.6. The Bertz CT molecular complexity index is 1030. The molecule has 30 heavy (non-hydrogen) atoms. The third kappa shape index (κ3) is 4.28. The minimum atomic E-state index is -0.810. The molecule has 158 valence electrons. The maximum atomic E-state index is 13.0. The number of hydrogen-bond acceptors (Lipinski definition) is 9. The zero-order valence-electron chi connectivity index (χ0n) is 17.1. The van der Waals surface area contributed by atoms with Crippen LogP contribution in [0.25, 0.3) is 5.57 Å². The molecule has 0 radical (unpaired) electrons. The summed E-state index contributed by atoms with van der Waals surface area (Å²) in [6.45, 7) is 5.49. The Hall–Kier alpha value is -3.40. The van der Waals surface area contributed by atoms with E-state index < -0.39 is 22.7 Å². The summed E-state index contributed by atoms with van der Waals surface area (Å²) in [6.07, 6.45) is 0. The molecule has 2 aromatic rings. The van der Waals surface area contributed by atoms with Crippen molar-refractivity contribution in [2.45, 2.75) is 26.7 Å². The smallest absolute Gasteiger partial charge is 0.315 e. The van der Waals surface area contributed by atoms with Crippen LogP contribution in [0.5, 0.6) is 0 Å².